The third-order valence-corrected chi connectivity index (χ3v) is 3.84. The number of aromatic nitrogens is 3. The quantitative estimate of drug-likeness (QED) is 0.903. The van der Waals surface area contributed by atoms with E-state index in [0.717, 1.165) is 23.8 Å². The molecule has 2 aromatic heterocycles. The zero-order chi connectivity index (χ0) is 13.1. The summed E-state index contributed by atoms with van der Waals surface area (Å²) in [5.74, 6) is 0.451. The number of hydrogen-bond donors (Lipinski definition) is 1. The molecule has 2 aromatic rings. The average Bonchev–Trinajstić information content (AvgIpc) is 2.92. The van der Waals surface area contributed by atoms with Crippen molar-refractivity contribution in [3.05, 3.63) is 22.8 Å². The van der Waals surface area contributed by atoms with E-state index in [-0.39, 0.29) is 0 Å². The van der Waals surface area contributed by atoms with Crippen LogP contribution in [0, 0.1) is 0 Å². The van der Waals surface area contributed by atoms with Crippen molar-refractivity contribution in [1.82, 2.24) is 20.1 Å². The molecule has 4 nitrogen and oxygen atoms in total. The lowest BCUT2D eigenvalue weighted by molar-refractivity contribution is 0.714. The Morgan fingerprint density at radius 3 is 2.78 bits per heavy atom. The first kappa shape index (κ1) is 13.2. The van der Waals surface area contributed by atoms with Gasteiger partial charge < -0.3 is 5.32 Å². The Hall–Kier alpha value is -1.20. The number of thiazole rings is 1. The van der Waals surface area contributed by atoms with Gasteiger partial charge in [0.15, 0.2) is 0 Å². The van der Waals surface area contributed by atoms with Crippen LogP contribution in [-0.4, -0.2) is 21.3 Å². The molecular formula is C13H20N4S. The number of aryl methyl sites for hydroxylation is 1. The molecule has 0 unspecified atom stereocenters. The van der Waals surface area contributed by atoms with Gasteiger partial charge in [0.25, 0.3) is 0 Å². The summed E-state index contributed by atoms with van der Waals surface area (Å²) in [4.78, 5) is 6.08. The first-order chi connectivity index (χ1) is 8.61. The van der Waals surface area contributed by atoms with Crippen LogP contribution in [0.5, 0.6) is 0 Å². The molecule has 0 aliphatic heterocycles. The molecule has 0 bridgehead atoms. The summed E-state index contributed by atoms with van der Waals surface area (Å²) < 4.78 is 1.82. The molecule has 0 saturated heterocycles. The van der Waals surface area contributed by atoms with Gasteiger partial charge in [0.05, 0.1) is 5.69 Å². The summed E-state index contributed by atoms with van der Waals surface area (Å²) in [6.07, 6.45) is 1.95. The smallest absolute Gasteiger partial charge is 0.144 e. The first-order valence-corrected chi connectivity index (χ1v) is 7.13. The lowest BCUT2D eigenvalue weighted by Crippen LogP contribution is -2.12. The van der Waals surface area contributed by atoms with Crippen molar-refractivity contribution in [2.75, 3.05) is 6.54 Å². The van der Waals surface area contributed by atoms with E-state index in [1.807, 2.05) is 24.0 Å². The molecule has 1 N–H and O–H groups in total. The predicted molar refractivity (Wildman–Crippen MR) is 75.8 cm³/mol. The van der Waals surface area contributed by atoms with Crippen molar-refractivity contribution in [1.29, 1.82) is 0 Å². The molecule has 0 radical (unpaired) electrons. The largest absolute Gasteiger partial charge is 0.312 e. The van der Waals surface area contributed by atoms with Gasteiger partial charge in [-0.2, -0.15) is 5.10 Å². The van der Waals surface area contributed by atoms with Crippen LogP contribution in [0.25, 0.3) is 10.7 Å². The Bertz CT molecular complexity index is 513. The van der Waals surface area contributed by atoms with Crippen molar-refractivity contribution < 1.29 is 0 Å². The SMILES string of the molecule is CCNCc1sc(-c2ccn(C)n2)nc1C(C)C. The zero-order valence-electron chi connectivity index (χ0n) is 11.4. The van der Waals surface area contributed by atoms with Crippen LogP contribution in [0.4, 0.5) is 0 Å². The van der Waals surface area contributed by atoms with Gasteiger partial charge >= 0.3 is 0 Å². The minimum atomic E-state index is 0.451. The van der Waals surface area contributed by atoms with Gasteiger partial charge in [-0.3, -0.25) is 4.68 Å². The molecule has 0 aliphatic carbocycles. The predicted octanol–water partition coefficient (Wildman–Crippen LogP) is 2.78. The summed E-state index contributed by atoms with van der Waals surface area (Å²) in [6, 6.07) is 2.01. The van der Waals surface area contributed by atoms with Gasteiger partial charge in [-0.25, -0.2) is 4.98 Å². The molecule has 0 spiro atoms. The highest BCUT2D eigenvalue weighted by molar-refractivity contribution is 7.15. The van der Waals surface area contributed by atoms with Crippen molar-refractivity contribution in [3.63, 3.8) is 0 Å². The van der Waals surface area contributed by atoms with Crippen molar-refractivity contribution in [2.24, 2.45) is 7.05 Å². The fraction of sp³-hybridized carbons (Fsp3) is 0.538. The monoisotopic (exact) mass is 264 g/mol. The van der Waals surface area contributed by atoms with Crippen molar-refractivity contribution >= 4 is 11.3 Å². The second-order valence-corrected chi connectivity index (χ2v) is 5.72. The van der Waals surface area contributed by atoms with Gasteiger partial charge in [-0.1, -0.05) is 20.8 Å². The number of rotatable bonds is 5. The third kappa shape index (κ3) is 2.79. The topological polar surface area (TPSA) is 42.7 Å². The fourth-order valence-electron chi connectivity index (χ4n) is 1.82. The Labute approximate surface area is 112 Å². The minimum Gasteiger partial charge on any atom is -0.312 e. The van der Waals surface area contributed by atoms with E-state index in [1.54, 1.807) is 11.3 Å². The summed E-state index contributed by atoms with van der Waals surface area (Å²) in [6.45, 7) is 8.37. The Morgan fingerprint density at radius 1 is 1.44 bits per heavy atom. The molecule has 2 heterocycles. The van der Waals surface area contributed by atoms with Crippen LogP contribution in [0.1, 0.15) is 37.3 Å². The van der Waals surface area contributed by atoms with E-state index in [9.17, 15) is 0 Å². The zero-order valence-corrected chi connectivity index (χ0v) is 12.2. The normalized spacial score (nSPS) is 11.4. The van der Waals surface area contributed by atoms with Crippen LogP contribution in [-0.2, 0) is 13.6 Å². The maximum atomic E-state index is 4.75. The van der Waals surface area contributed by atoms with Crippen molar-refractivity contribution in [3.8, 4) is 10.7 Å². The average molecular weight is 264 g/mol. The maximum Gasteiger partial charge on any atom is 0.144 e. The highest BCUT2D eigenvalue weighted by Crippen LogP contribution is 2.30. The van der Waals surface area contributed by atoms with Crippen LogP contribution in [0.2, 0.25) is 0 Å². The van der Waals surface area contributed by atoms with E-state index in [2.05, 4.69) is 31.2 Å². The van der Waals surface area contributed by atoms with E-state index >= 15 is 0 Å². The van der Waals surface area contributed by atoms with Crippen molar-refractivity contribution in [2.45, 2.75) is 33.2 Å². The van der Waals surface area contributed by atoms with E-state index < -0.39 is 0 Å². The number of nitrogens with one attached hydrogen (secondary N) is 1. The first-order valence-electron chi connectivity index (χ1n) is 6.32. The summed E-state index contributed by atoms with van der Waals surface area (Å²) >= 11 is 1.74. The third-order valence-electron chi connectivity index (χ3n) is 2.74. The fourth-order valence-corrected chi connectivity index (χ4v) is 2.97. The van der Waals surface area contributed by atoms with Crippen LogP contribution in [0.15, 0.2) is 12.3 Å². The number of nitrogens with zero attached hydrogens (tertiary/aromatic N) is 3. The second-order valence-electron chi connectivity index (χ2n) is 4.64. The maximum absolute atomic E-state index is 4.75. The van der Waals surface area contributed by atoms with Gasteiger partial charge in [-0.15, -0.1) is 11.3 Å². The van der Waals surface area contributed by atoms with E-state index in [1.165, 1.54) is 10.6 Å². The Morgan fingerprint density at radius 2 is 2.22 bits per heavy atom. The van der Waals surface area contributed by atoms with Gasteiger partial charge in [0.1, 0.15) is 10.7 Å². The molecular weight excluding hydrogens is 244 g/mol. The minimum absolute atomic E-state index is 0.451. The van der Waals surface area contributed by atoms with Gasteiger partial charge in [-0.05, 0) is 18.5 Å². The lowest BCUT2D eigenvalue weighted by atomic mass is 10.1. The molecule has 0 saturated carbocycles. The molecule has 98 valence electrons. The van der Waals surface area contributed by atoms with Crippen LogP contribution >= 0.6 is 11.3 Å². The molecule has 0 fully saturated rings. The molecule has 0 atom stereocenters. The van der Waals surface area contributed by atoms with Crippen LogP contribution < -0.4 is 5.32 Å². The summed E-state index contributed by atoms with van der Waals surface area (Å²) in [5.41, 5.74) is 2.16. The standard InChI is InChI=1S/C13H20N4S/c1-5-14-8-11-12(9(2)3)15-13(18-11)10-6-7-17(4)16-10/h6-7,9,14H,5,8H2,1-4H3. The highest BCUT2D eigenvalue weighted by Gasteiger charge is 2.16. The molecule has 5 heteroatoms. The van der Waals surface area contributed by atoms with Crippen LogP contribution in [0.3, 0.4) is 0 Å². The van der Waals surface area contributed by atoms with Gasteiger partial charge in [0.2, 0.25) is 0 Å². The number of hydrogen-bond acceptors (Lipinski definition) is 4. The molecule has 2 rings (SSSR count). The van der Waals surface area contributed by atoms with E-state index in [4.69, 9.17) is 4.98 Å². The molecule has 0 aromatic carbocycles. The molecule has 0 amide bonds. The van der Waals surface area contributed by atoms with Gasteiger partial charge in [0, 0.05) is 24.7 Å². The highest BCUT2D eigenvalue weighted by atomic mass is 32.1. The Kier molecular flexibility index (Phi) is 4.14. The lowest BCUT2D eigenvalue weighted by Gasteiger charge is -2.04. The second kappa shape index (κ2) is 5.63. The molecule has 18 heavy (non-hydrogen) atoms. The summed E-state index contributed by atoms with van der Waals surface area (Å²) in [5, 5.41) is 8.81. The van der Waals surface area contributed by atoms with E-state index in [0.29, 0.717) is 5.92 Å². The Balaban J connectivity index is 2.32. The summed E-state index contributed by atoms with van der Waals surface area (Å²) in [7, 11) is 1.93. The molecule has 0 aliphatic rings.